The molecule has 0 amide bonds. The zero-order valence-electron chi connectivity index (χ0n) is 12.0. The van der Waals surface area contributed by atoms with Crippen molar-refractivity contribution in [3.8, 4) is 6.07 Å². The van der Waals surface area contributed by atoms with Crippen LogP contribution >= 0.6 is 0 Å². The summed E-state index contributed by atoms with van der Waals surface area (Å²) >= 11 is 0. The molecule has 0 aromatic heterocycles. The lowest BCUT2D eigenvalue weighted by Crippen LogP contribution is -2.12. The summed E-state index contributed by atoms with van der Waals surface area (Å²) in [5.74, 6) is -0.871. The van der Waals surface area contributed by atoms with Crippen LogP contribution in [0.2, 0.25) is 0 Å². The standard InChI is InChI=1S/C18H17NO/c1-12-8-9-15(10-14(12)3)17(11-19)18(20)16-7-5-4-6-13(16)2/h4-10,17H,1-3H3. The smallest absolute Gasteiger partial charge is 0.184 e. The number of nitrogens with zero attached hydrogens (tertiary/aromatic N) is 1. The van der Waals surface area contributed by atoms with Crippen LogP contribution in [0.1, 0.15) is 38.5 Å². The third-order valence-corrected chi connectivity index (χ3v) is 3.67. The lowest BCUT2D eigenvalue weighted by molar-refractivity contribution is 0.0978. The SMILES string of the molecule is Cc1ccc(C(C#N)C(=O)c2ccccc2C)cc1C. The average Bonchev–Trinajstić information content (AvgIpc) is 2.44. The van der Waals surface area contributed by atoms with Gasteiger partial charge in [0.05, 0.1) is 6.07 Å². The Balaban J connectivity index is 2.43. The summed E-state index contributed by atoms with van der Waals surface area (Å²) in [4.78, 5) is 12.6. The number of ketones is 1. The van der Waals surface area contributed by atoms with Gasteiger partial charge < -0.3 is 0 Å². The van der Waals surface area contributed by atoms with Gasteiger partial charge in [0, 0.05) is 5.56 Å². The van der Waals surface area contributed by atoms with E-state index in [9.17, 15) is 10.1 Å². The molecule has 1 unspecified atom stereocenters. The Morgan fingerprint density at radius 3 is 2.30 bits per heavy atom. The number of nitriles is 1. The first-order valence-electron chi connectivity index (χ1n) is 6.61. The minimum atomic E-state index is -0.740. The molecule has 0 fully saturated rings. The number of hydrogen-bond donors (Lipinski definition) is 0. The van der Waals surface area contributed by atoms with Crippen LogP contribution in [0.25, 0.3) is 0 Å². The molecule has 0 radical (unpaired) electrons. The van der Waals surface area contributed by atoms with Crippen LogP contribution in [-0.4, -0.2) is 5.78 Å². The fourth-order valence-corrected chi connectivity index (χ4v) is 2.23. The summed E-state index contributed by atoms with van der Waals surface area (Å²) in [7, 11) is 0. The first-order chi connectivity index (χ1) is 9.54. The highest BCUT2D eigenvalue weighted by Crippen LogP contribution is 2.24. The Bertz CT molecular complexity index is 695. The van der Waals surface area contributed by atoms with Crippen molar-refractivity contribution < 1.29 is 4.79 Å². The number of hydrogen-bond acceptors (Lipinski definition) is 2. The highest BCUT2D eigenvalue weighted by atomic mass is 16.1. The molecule has 2 aromatic carbocycles. The number of carbonyl (C=O) groups excluding carboxylic acids is 1. The minimum Gasteiger partial charge on any atom is -0.292 e. The van der Waals surface area contributed by atoms with Crippen molar-refractivity contribution in [1.82, 2.24) is 0 Å². The van der Waals surface area contributed by atoms with Crippen molar-refractivity contribution in [2.24, 2.45) is 0 Å². The van der Waals surface area contributed by atoms with Gasteiger partial charge in [-0.3, -0.25) is 4.79 Å². The summed E-state index contributed by atoms with van der Waals surface area (Å²) in [6.07, 6.45) is 0. The van der Waals surface area contributed by atoms with Gasteiger partial charge in [-0.1, -0.05) is 42.5 Å². The molecule has 100 valence electrons. The van der Waals surface area contributed by atoms with Crippen molar-refractivity contribution in [1.29, 1.82) is 5.26 Å². The van der Waals surface area contributed by atoms with E-state index < -0.39 is 5.92 Å². The monoisotopic (exact) mass is 263 g/mol. The van der Waals surface area contributed by atoms with Crippen LogP contribution in [0.4, 0.5) is 0 Å². The first-order valence-corrected chi connectivity index (χ1v) is 6.61. The summed E-state index contributed by atoms with van der Waals surface area (Å²) in [6.45, 7) is 5.90. The maximum atomic E-state index is 12.6. The predicted molar refractivity (Wildman–Crippen MR) is 79.8 cm³/mol. The number of benzene rings is 2. The topological polar surface area (TPSA) is 40.9 Å². The van der Waals surface area contributed by atoms with Gasteiger partial charge in [0.15, 0.2) is 5.78 Å². The number of aryl methyl sites for hydroxylation is 3. The Kier molecular flexibility index (Phi) is 4.00. The molecule has 0 heterocycles. The van der Waals surface area contributed by atoms with Crippen LogP contribution in [0.5, 0.6) is 0 Å². The van der Waals surface area contributed by atoms with Crippen molar-refractivity contribution in [2.45, 2.75) is 26.7 Å². The average molecular weight is 263 g/mol. The first kappa shape index (κ1) is 14.0. The quantitative estimate of drug-likeness (QED) is 0.782. The van der Waals surface area contributed by atoms with Gasteiger partial charge >= 0.3 is 0 Å². The lowest BCUT2D eigenvalue weighted by atomic mass is 9.88. The highest BCUT2D eigenvalue weighted by Gasteiger charge is 2.23. The second-order valence-corrected chi connectivity index (χ2v) is 5.08. The molecule has 0 saturated carbocycles. The largest absolute Gasteiger partial charge is 0.292 e. The summed E-state index contributed by atoms with van der Waals surface area (Å²) in [5.41, 5.74) is 4.55. The number of carbonyl (C=O) groups is 1. The van der Waals surface area contributed by atoms with E-state index >= 15 is 0 Å². The zero-order chi connectivity index (χ0) is 14.7. The zero-order valence-corrected chi connectivity index (χ0v) is 12.0. The van der Waals surface area contributed by atoms with Crippen LogP contribution in [0.3, 0.4) is 0 Å². The highest BCUT2D eigenvalue weighted by molar-refractivity contribution is 6.03. The Morgan fingerprint density at radius 2 is 1.70 bits per heavy atom. The Labute approximate surface area is 119 Å². The summed E-state index contributed by atoms with van der Waals surface area (Å²) in [5, 5.41) is 9.39. The van der Waals surface area contributed by atoms with Crippen LogP contribution in [0, 0.1) is 32.1 Å². The van der Waals surface area contributed by atoms with Crippen molar-refractivity contribution in [2.75, 3.05) is 0 Å². The van der Waals surface area contributed by atoms with E-state index in [-0.39, 0.29) is 5.78 Å². The molecule has 2 rings (SSSR count). The van der Waals surface area contributed by atoms with Gasteiger partial charge in [-0.2, -0.15) is 5.26 Å². The minimum absolute atomic E-state index is 0.131. The van der Waals surface area contributed by atoms with E-state index in [2.05, 4.69) is 6.07 Å². The molecule has 2 nitrogen and oxygen atoms in total. The van der Waals surface area contributed by atoms with Gasteiger partial charge in [0.2, 0.25) is 0 Å². The lowest BCUT2D eigenvalue weighted by Gasteiger charge is -2.12. The van der Waals surface area contributed by atoms with Crippen molar-refractivity contribution >= 4 is 5.78 Å². The van der Waals surface area contributed by atoms with E-state index in [0.29, 0.717) is 5.56 Å². The van der Waals surface area contributed by atoms with Crippen LogP contribution < -0.4 is 0 Å². The molecule has 0 aliphatic rings. The molecule has 0 bridgehead atoms. The molecule has 0 aliphatic carbocycles. The molecule has 2 aromatic rings. The molecular formula is C18H17NO. The molecular weight excluding hydrogens is 246 g/mol. The maximum absolute atomic E-state index is 12.6. The molecule has 2 heteroatoms. The fraction of sp³-hybridized carbons (Fsp3) is 0.222. The number of Topliss-reactive ketones (excluding diaryl/α,β-unsaturated/α-hetero) is 1. The van der Waals surface area contributed by atoms with Crippen molar-refractivity contribution in [3.63, 3.8) is 0 Å². The Morgan fingerprint density at radius 1 is 1.00 bits per heavy atom. The van der Waals surface area contributed by atoms with E-state index in [1.165, 1.54) is 0 Å². The van der Waals surface area contributed by atoms with E-state index in [1.54, 1.807) is 6.07 Å². The predicted octanol–water partition coefficient (Wildman–Crippen LogP) is 4.10. The molecule has 1 atom stereocenters. The molecule has 0 spiro atoms. The van der Waals surface area contributed by atoms with Crippen molar-refractivity contribution in [3.05, 3.63) is 70.3 Å². The van der Waals surface area contributed by atoms with Gasteiger partial charge in [-0.15, -0.1) is 0 Å². The van der Waals surface area contributed by atoms with Gasteiger partial charge in [-0.25, -0.2) is 0 Å². The van der Waals surface area contributed by atoms with Crippen LogP contribution in [-0.2, 0) is 0 Å². The summed E-state index contributed by atoms with van der Waals surface area (Å²) in [6, 6.07) is 15.3. The third kappa shape index (κ3) is 2.62. The van der Waals surface area contributed by atoms with Gasteiger partial charge in [0.25, 0.3) is 0 Å². The van der Waals surface area contributed by atoms with E-state index in [4.69, 9.17) is 0 Å². The second kappa shape index (κ2) is 5.71. The molecule has 0 aliphatic heterocycles. The maximum Gasteiger partial charge on any atom is 0.184 e. The van der Waals surface area contributed by atoms with Gasteiger partial charge in [0.1, 0.15) is 5.92 Å². The fourth-order valence-electron chi connectivity index (χ4n) is 2.23. The normalized spacial score (nSPS) is 11.7. The second-order valence-electron chi connectivity index (χ2n) is 5.08. The molecule has 0 N–H and O–H groups in total. The van der Waals surface area contributed by atoms with Gasteiger partial charge in [-0.05, 0) is 43.0 Å². The molecule has 20 heavy (non-hydrogen) atoms. The molecule has 0 saturated heterocycles. The third-order valence-electron chi connectivity index (χ3n) is 3.67. The Hall–Kier alpha value is -2.40. The van der Waals surface area contributed by atoms with E-state index in [0.717, 1.165) is 22.3 Å². The van der Waals surface area contributed by atoms with E-state index in [1.807, 2.05) is 57.2 Å². The van der Waals surface area contributed by atoms with Crippen LogP contribution in [0.15, 0.2) is 42.5 Å². The number of rotatable bonds is 3. The summed E-state index contributed by atoms with van der Waals surface area (Å²) < 4.78 is 0.